The summed E-state index contributed by atoms with van der Waals surface area (Å²) in [5.74, 6) is -3.47. The summed E-state index contributed by atoms with van der Waals surface area (Å²) in [5.41, 5.74) is 0.500. The van der Waals surface area contributed by atoms with Crippen LogP contribution < -0.4 is 15.0 Å². The van der Waals surface area contributed by atoms with Crippen molar-refractivity contribution in [2.24, 2.45) is 5.92 Å². The summed E-state index contributed by atoms with van der Waals surface area (Å²) in [7, 11) is 0. The number of benzene rings is 5. The molecule has 2 fully saturated rings. The van der Waals surface area contributed by atoms with E-state index in [1.165, 1.54) is 30.3 Å². The molecule has 5 aromatic rings. The Bertz CT molecular complexity index is 2450. The van der Waals surface area contributed by atoms with E-state index in [0.29, 0.717) is 16.7 Å². The van der Waals surface area contributed by atoms with Crippen LogP contribution in [0, 0.1) is 16.0 Å². The number of carbonyl (C=O) groups is 4. The van der Waals surface area contributed by atoms with Gasteiger partial charge in [0, 0.05) is 24.2 Å². The lowest BCUT2D eigenvalue weighted by atomic mass is 9.65. The Morgan fingerprint density at radius 1 is 0.867 bits per heavy atom. The second-order valence-electron chi connectivity index (χ2n) is 14.5. The van der Waals surface area contributed by atoms with Gasteiger partial charge in [-0.2, -0.15) is 0 Å². The Morgan fingerprint density at radius 2 is 1.52 bits per heavy atom. The minimum Gasteiger partial charge on any atom is -0.491 e. The second-order valence-corrected chi connectivity index (χ2v) is 14.5. The quantitative estimate of drug-likeness (QED) is 0.0629. The number of ether oxygens (including phenoxy) is 3. The van der Waals surface area contributed by atoms with Crippen LogP contribution in [0.5, 0.6) is 5.75 Å². The van der Waals surface area contributed by atoms with Crippen molar-refractivity contribution in [3.8, 4) is 5.75 Å². The highest BCUT2D eigenvalue weighted by Gasteiger charge is 2.76. The number of carbonyl (C=O) groups excluding carboxylic acids is 4. The lowest BCUT2D eigenvalue weighted by Crippen LogP contribution is -2.55. The monoisotopic (exact) mass is 808 g/mol. The zero-order valence-corrected chi connectivity index (χ0v) is 32.2. The molecule has 3 aliphatic rings. The number of nitrogens with one attached hydrogen (secondary N) is 1. The predicted molar refractivity (Wildman–Crippen MR) is 217 cm³/mol. The molecular weight excluding hydrogens is 769 g/mol. The van der Waals surface area contributed by atoms with E-state index in [-0.39, 0.29) is 49.1 Å². The first-order valence-corrected chi connectivity index (χ1v) is 19.4. The van der Waals surface area contributed by atoms with Crippen LogP contribution in [0.1, 0.15) is 46.0 Å². The molecule has 2 N–H and O–H groups in total. The molecule has 304 valence electrons. The normalized spacial score (nSPS) is 23.0. The zero-order chi connectivity index (χ0) is 42.0. The Hall–Kier alpha value is -7.16. The van der Waals surface area contributed by atoms with Crippen molar-refractivity contribution in [3.05, 3.63) is 184 Å². The molecule has 0 aromatic heterocycles. The molecule has 0 aliphatic carbocycles. The molecule has 3 amide bonds. The minimum absolute atomic E-state index is 0.000366. The molecular formula is C46H40N4O10. The van der Waals surface area contributed by atoms with Crippen LogP contribution in [0.3, 0.4) is 0 Å². The van der Waals surface area contributed by atoms with Crippen LogP contribution in [-0.2, 0) is 35.9 Å². The van der Waals surface area contributed by atoms with Crippen molar-refractivity contribution in [3.63, 3.8) is 0 Å². The number of fused-ring (bicyclic) bond motifs is 3. The number of esters is 1. The first-order valence-electron chi connectivity index (χ1n) is 19.4. The number of nitro benzene ring substituents is 1. The fourth-order valence-electron chi connectivity index (χ4n) is 9.01. The third kappa shape index (κ3) is 6.65. The SMILES string of the molecule is C=CCNC(=O)C1C2C(=O)OC(c3ccccc3)C(c3ccccc3)N2C(c2ccccc2OCCO)C12C(=O)N(C(=O)OCc1ccc([N+](=O)[O-])cc1)c1ccccc12. The summed E-state index contributed by atoms with van der Waals surface area (Å²) < 4.78 is 18.3. The molecule has 2 saturated heterocycles. The van der Waals surface area contributed by atoms with E-state index in [0.717, 1.165) is 10.5 Å². The van der Waals surface area contributed by atoms with Crippen LogP contribution in [0.25, 0.3) is 0 Å². The van der Waals surface area contributed by atoms with Crippen molar-refractivity contribution in [2.75, 3.05) is 24.7 Å². The average molecular weight is 809 g/mol. The number of rotatable bonds is 12. The highest BCUT2D eigenvalue weighted by molar-refractivity contribution is 6.23. The number of para-hydroxylation sites is 2. The van der Waals surface area contributed by atoms with Gasteiger partial charge in [-0.1, -0.05) is 103 Å². The summed E-state index contributed by atoms with van der Waals surface area (Å²) in [4.78, 5) is 73.9. The maximum atomic E-state index is 16.0. The number of aliphatic hydroxyl groups excluding tert-OH is 1. The molecule has 6 atom stereocenters. The van der Waals surface area contributed by atoms with Crippen molar-refractivity contribution in [1.82, 2.24) is 10.2 Å². The molecule has 0 saturated carbocycles. The zero-order valence-electron chi connectivity index (χ0n) is 32.2. The molecule has 8 rings (SSSR count). The third-order valence-electron chi connectivity index (χ3n) is 11.3. The third-order valence-corrected chi connectivity index (χ3v) is 11.3. The highest BCUT2D eigenvalue weighted by atomic mass is 16.6. The van der Waals surface area contributed by atoms with Gasteiger partial charge in [0.1, 0.15) is 36.5 Å². The fourth-order valence-corrected chi connectivity index (χ4v) is 9.01. The summed E-state index contributed by atoms with van der Waals surface area (Å²) in [6.07, 6.45) is -0.506. The Balaban J connectivity index is 1.38. The lowest BCUT2D eigenvalue weighted by Gasteiger charge is -2.46. The van der Waals surface area contributed by atoms with E-state index in [4.69, 9.17) is 14.2 Å². The topological polar surface area (TPSA) is 178 Å². The number of non-ortho nitro benzene ring substituents is 1. The number of nitrogens with zero attached hydrogens (tertiary/aromatic N) is 3. The van der Waals surface area contributed by atoms with Gasteiger partial charge in [-0.15, -0.1) is 6.58 Å². The molecule has 3 aliphatic heterocycles. The van der Waals surface area contributed by atoms with Crippen LogP contribution in [0.2, 0.25) is 0 Å². The van der Waals surface area contributed by atoms with Gasteiger partial charge in [-0.3, -0.25) is 29.4 Å². The van der Waals surface area contributed by atoms with Gasteiger partial charge < -0.3 is 24.6 Å². The largest absolute Gasteiger partial charge is 0.491 e. The molecule has 6 unspecified atom stereocenters. The van der Waals surface area contributed by atoms with Gasteiger partial charge in [-0.05, 0) is 46.5 Å². The molecule has 14 heteroatoms. The van der Waals surface area contributed by atoms with Crippen molar-refractivity contribution in [1.29, 1.82) is 0 Å². The van der Waals surface area contributed by atoms with Crippen LogP contribution in [0.4, 0.5) is 16.2 Å². The second kappa shape index (κ2) is 16.6. The van der Waals surface area contributed by atoms with Crippen LogP contribution in [0.15, 0.2) is 146 Å². The molecule has 14 nitrogen and oxygen atoms in total. The van der Waals surface area contributed by atoms with Crippen molar-refractivity contribution < 1.29 is 43.4 Å². The van der Waals surface area contributed by atoms with E-state index >= 15 is 9.59 Å². The van der Waals surface area contributed by atoms with Gasteiger partial charge in [-0.25, -0.2) is 9.69 Å². The summed E-state index contributed by atoms with van der Waals surface area (Å²) in [6, 6.07) is 34.2. The number of anilines is 1. The van der Waals surface area contributed by atoms with Gasteiger partial charge in [0.25, 0.3) is 5.69 Å². The summed E-state index contributed by atoms with van der Waals surface area (Å²) in [6.45, 7) is 3.00. The standard InChI is InChI=1S/C46H40N4O10/c1-2-25-47-42(52)37-39-43(53)60-40(31-15-7-4-8-16-31)38(30-13-5-3-6-14-30)49(39)41(33-17-9-12-20-36(33)58-27-26-51)46(37)34-18-10-11-19-35(34)48(44(46)54)45(55)59-28-29-21-23-32(24-22-29)50(56)57/h2-24,37-41,51H,1,25-28H2,(H,47,52). The summed E-state index contributed by atoms with van der Waals surface area (Å²) >= 11 is 0. The predicted octanol–water partition coefficient (Wildman–Crippen LogP) is 6.27. The number of morpholine rings is 1. The molecule has 1 spiro atoms. The lowest BCUT2D eigenvalue weighted by molar-refractivity contribution is -0.384. The van der Waals surface area contributed by atoms with Gasteiger partial charge in [0.15, 0.2) is 0 Å². The number of cyclic esters (lactones) is 1. The summed E-state index contributed by atoms with van der Waals surface area (Å²) in [5, 5.41) is 24.0. The maximum absolute atomic E-state index is 16.0. The van der Waals surface area contributed by atoms with E-state index in [2.05, 4.69) is 11.9 Å². The van der Waals surface area contributed by atoms with Crippen LogP contribution >= 0.6 is 0 Å². The number of hydrogen-bond donors (Lipinski definition) is 2. The maximum Gasteiger partial charge on any atom is 0.421 e. The molecule has 0 radical (unpaired) electrons. The molecule has 0 bridgehead atoms. The van der Waals surface area contributed by atoms with E-state index < -0.39 is 64.4 Å². The highest BCUT2D eigenvalue weighted by Crippen LogP contribution is 2.66. The first kappa shape index (κ1) is 39.7. The molecule has 3 heterocycles. The van der Waals surface area contributed by atoms with E-state index in [1.54, 1.807) is 48.5 Å². The number of nitro groups is 1. The fraction of sp³-hybridized carbons (Fsp3) is 0.217. The number of amides is 3. The van der Waals surface area contributed by atoms with Crippen LogP contribution in [-0.4, -0.2) is 64.6 Å². The van der Waals surface area contributed by atoms with Crippen molar-refractivity contribution in [2.45, 2.75) is 36.3 Å². The number of hydrogen-bond acceptors (Lipinski definition) is 11. The number of imide groups is 1. The van der Waals surface area contributed by atoms with E-state index in [1.807, 2.05) is 65.6 Å². The van der Waals surface area contributed by atoms with Gasteiger partial charge >= 0.3 is 12.1 Å². The molecule has 5 aromatic carbocycles. The minimum atomic E-state index is -2.02. The van der Waals surface area contributed by atoms with Gasteiger partial charge in [0.2, 0.25) is 11.8 Å². The van der Waals surface area contributed by atoms with Crippen molar-refractivity contribution >= 4 is 35.3 Å². The smallest absolute Gasteiger partial charge is 0.421 e. The Kier molecular flexibility index (Phi) is 11.0. The number of aliphatic hydroxyl groups is 1. The first-order chi connectivity index (χ1) is 29.2. The van der Waals surface area contributed by atoms with Gasteiger partial charge in [0.05, 0.1) is 35.2 Å². The average Bonchev–Trinajstić information content (AvgIpc) is 3.74. The Morgan fingerprint density at radius 3 is 2.20 bits per heavy atom. The van der Waals surface area contributed by atoms with E-state index in [9.17, 15) is 24.8 Å². The Labute approximate surface area is 344 Å². The molecule has 60 heavy (non-hydrogen) atoms.